The highest BCUT2D eigenvalue weighted by Gasteiger charge is 2.27. The van der Waals surface area contributed by atoms with Crippen LogP contribution in [0.2, 0.25) is 0 Å². The lowest BCUT2D eigenvalue weighted by atomic mass is 10.3. The van der Waals surface area contributed by atoms with Gasteiger partial charge in [0, 0.05) is 18.8 Å². The van der Waals surface area contributed by atoms with Gasteiger partial charge in [-0.3, -0.25) is 0 Å². The smallest absolute Gasteiger partial charge is 0.236 e. The van der Waals surface area contributed by atoms with Crippen LogP contribution in [0.5, 0.6) is 0 Å². The standard InChI is InChI=1S/C7H8F2N2/c1-5-3-4-10-6(11-5)7(2,8)9/h3-4H,1-2H3. The fourth-order valence-electron chi connectivity index (χ4n) is 0.660. The van der Waals surface area contributed by atoms with E-state index in [0.29, 0.717) is 5.69 Å². The Bertz CT molecular complexity index is 255. The van der Waals surface area contributed by atoms with E-state index in [1.807, 2.05) is 0 Å². The molecule has 1 rings (SSSR count). The van der Waals surface area contributed by atoms with Crippen molar-refractivity contribution in [3.05, 3.63) is 23.8 Å². The van der Waals surface area contributed by atoms with Crippen molar-refractivity contribution in [1.82, 2.24) is 9.97 Å². The quantitative estimate of drug-likeness (QED) is 0.623. The van der Waals surface area contributed by atoms with Gasteiger partial charge in [-0.05, 0) is 13.0 Å². The third-order valence-corrected chi connectivity index (χ3v) is 1.19. The van der Waals surface area contributed by atoms with Gasteiger partial charge in [0.1, 0.15) is 0 Å². The van der Waals surface area contributed by atoms with Gasteiger partial charge >= 0.3 is 5.92 Å². The topological polar surface area (TPSA) is 25.8 Å². The molecule has 1 heterocycles. The zero-order chi connectivity index (χ0) is 8.48. The van der Waals surface area contributed by atoms with Crippen LogP contribution < -0.4 is 0 Å². The summed E-state index contributed by atoms with van der Waals surface area (Å²) in [6.45, 7) is 2.43. The van der Waals surface area contributed by atoms with Crippen molar-refractivity contribution in [1.29, 1.82) is 0 Å². The van der Waals surface area contributed by atoms with Gasteiger partial charge in [0.2, 0.25) is 0 Å². The van der Waals surface area contributed by atoms with E-state index < -0.39 is 11.7 Å². The number of aromatic nitrogens is 2. The van der Waals surface area contributed by atoms with E-state index in [4.69, 9.17) is 0 Å². The van der Waals surface area contributed by atoms with E-state index in [1.165, 1.54) is 6.20 Å². The molecule has 0 aliphatic rings. The molecule has 0 saturated heterocycles. The van der Waals surface area contributed by atoms with Crippen molar-refractivity contribution in [3.63, 3.8) is 0 Å². The van der Waals surface area contributed by atoms with Crippen LogP contribution in [0.4, 0.5) is 8.78 Å². The molecule has 0 unspecified atom stereocenters. The summed E-state index contributed by atoms with van der Waals surface area (Å²) >= 11 is 0. The minimum Gasteiger partial charge on any atom is -0.236 e. The first-order valence-electron chi connectivity index (χ1n) is 3.18. The third-order valence-electron chi connectivity index (χ3n) is 1.19. The van der Waals surface area contributed by atoms with Crippen LogP contribution >= 0.6 is 0 Å². The van der Waals surface area contributed by atoms with E-state index in [1.54, 1.807) is 13.0 Å². The van der Waals surface area contributed by atoms with Crippen molar-refractivity contribution in [2.75, 3.05) is 0 Å². The van der Waals surface area contributed by atoms with Gasteiger partial charge in [-0.1, -0.05) is 0 Å². The molecule has 1 aromatic rings. The number of alkyl halides is 2. The van der Waals surface area contributed by atoms with Crippen LogP contribution in [0.15, 0.2) is 12.3 Å². The lowest BCUT2D eigenvalue weighted by Crippen LogP contribution is -2.12. The second-order valence-corrected chi connectivity index (χ2v) is 2.41. The van der Waals surface area contributed by atoms with Gasteiger partial charge < -0.3 is 0 Å². The van der Waals surface area contributed by atoms with E-state index in [9.17, 15) is 8.78 Å². The van der Waals surface area contributed by atoms with Crippen LogP contribution in [0.1, 0.15) is 18.4 Å². The summed E-state index contributed by atoms with van der Waals surface area (Å²) in [5, 5.41) is 0. The molecule has 0 aliphatic heterocycles. The van der Waals surface area contributed by atoms with Gasteiger partial charge in [0.25, 0.3) is 0 Å². The Morgan fingerprint density at radius 1 is 1.45 bits per heavy atom. The summed E-state index contributed by atoms with van der Waals surface area (Å²) in [6.07, 6.45) is 1.33. The molecular formula is C7H8F2N2. The number of hydrogen-bond donors (Lipinski definition) is 0. The molecule has 4 heteroatoms. The van der Waals surface area contributed by atoms with Crippen LogP contribution in [0.3, 0.4) is 0 Å². The average Bonchev–Trinajstić information content (AvgIpc) is 1.86. The maximum absolute atomic E-state index is 12.5. The molecule has 2 nitrogen and oxygen atoms in total. The lowest BCUT2D eigenvalue weighted by molar-refractivity contribution is 0.00750. The Hall–Kier alpha value is -1.06. The number of halogens is 2. The van der Waals surface area contributed by atoms with Crippen molar-refractivity contribution < 1.29 is 8.78 Å². The summed E-state index contributed by atoms with van der Waals surface area (Å²) in [5.41, 5.74) is 0.552. The second-order valence-electron chi connectivity index (χ2n) is 2.41. The predicted octanol–water partition coefficient (Wildman–Crippen LogP) is 1.90. The molecule has 0 bridgehead atoms. The molecule has 0 amide bonds. The van der Waals surface area contributed by atoms with E-state index >= 15 is 0 Å². The van der Waals surface area contributed by atoms with Crippen LogP contribution in [0.25, 0.3) is 0 Å². The zero-order valence-electron chi connectivity index (χ0n) is 6.31. The van der Waals surface area contributed by atoms with Crippen molar-refractivity contribution in [2.45, 2.75) is 19.8 Å². The summed E-state index contributed by atoms with van der Waals surface area (Å²) in [7, 11) is 0. The lowest BCUT2D eigenvalue weighted by Gasteiger charge is -2.07. The Labute approximate surface area is 63.3 Å². The van der Waals surface area contributed by atoms with Crippen molar-refractivity contribution in [3.8, 4) is 0 Å². The molecular weight excluding hydrogens is 150 g/mol. The number of rotatable bonds is 1. The Morgan fingerprint density at radius 3 is 2.45 bits per heavy atom. The fraction of sp³-hybridized carbons (Fsp3) is 0.429. The number of aryl methyl sites for hydroxylation is 1. The fourth-order valence-corrected chi connectivity index (χ4v) is 0.660. The first kappa shape index (κ1) is 8.04. The minimum atomic E-state index is -2.94. The normalized spacial score (nSPS) is 11.6. The molecule has 0 radical (unpaired) electrons. The van der Waals surface area contributed by atoms with Gasteiger partial charge in [0.05, 0.1) is 0 Å². The Morgan fingerprint density at radius 2 is 2.09 bits per heavy atom. The highest BCUT2D eigenvalue weighted by atomic mass is 19.3. The van der Waals surface area contributed by atoms with E-state index in [-0.39, 0.29) is 0 Å². The molecule has 0 saturated carbocycles. The summed E-state index contributed by atoms with van der Waals surface area (Å²) in [6, 6.07) is 1.58. The Balaban J connectivity index is 3.06. The molecule has 11 heavy (non-hydrogen) atoms. The molecule has 60 valence electrons. The van der Waals surface area contributed by atoms with Crippen LogP contribution in [-0.2, 0) is 5.92 Å². The van der Waals surface area contributed by atoms with Crippen LogP contribution in [-0.4, -0.2) is 9.97 Å². The molecule has 0 fully saturated rings. The zero-order valence-corrected chi connectivity index (χ0v) is 6.31. The summed E-state index contributed by atoms with van der Waals surface area (Å²) in [5.74, 6) is -3.36. The number of hydrogen-bond acceptors (Lipinski definition) is 2. The average molecular weight is 158 g/mol. The van der Waals surface area contributed by atoms with Gasteiger partial charge in [0.15, 0.2) is 5.82 Å². The third kappa shape index (κ3) is 1.93. The van der Waals surface area contributed by atoms with E-state index in [0.717, 1.165) is 6.92 Å². The number of nitrogens with zero attached hydrogens (tertiary/aromatic N) is 2. The maximum Gasteiger partial charge on any atom is 0.303 e. The second kappa shape index (κ2) is 2.53. The monoisotopic (exact) mass is 158 g/mol. The van der Waals surface area contributed by atoms with Crippen molar-refractivity contribution >= 4 is 0 Å². The summed E-state index contributed by atoms with van der Waals surface area (Å²) < 4.78 is 25.0. The molecule has 0 aliphatic carbocycles. The van der Waals surface area contributed by atoms with Gasteiger partial charge in [-0.15, -0.1) is 0 Å². The first-order valence-corrected chi connectivity index (χ1v) is 3.18. The van der Waals surface area contributed by atoms with Crippen LogP contribution in [0, 0.1) is 6.92 Å². The Kier molecular flexibility index (Phi) is 1.85. The van der Waals surface area contributed by atoms with Crippen molar-refractivity contribution in [2.24, 2.45) is 0 Å². The molecule has 0 aromatic carbocycles. The maximum atomic E-state index is 12.5. The largest absolute Gasteiger partial charge is 0.303 e. The molecule has 0 N–H and O–H groups in total. The van der Waals surface area contributed by atoms with Gasteiger partial charge in [-0.25, -0.2) is 9.97 Å². The molecule has 0 atom stereocenters. The minimum absolute atomic E-state index is 0.419. The first-order chi connectivity index (χ1) is 5.00. The van der Waals surface area contributed by atoms with Gasteiger partial charge in [-0.2, -0.15) is 8.78 Å². The highest BCUT2D eigenvalue weighted by molar-refractivity contribution is 5.02. The highest BCUT2D eigenvalue weighted by Crippen LogP contribution is 2.22. The molecule has 0 spiro atoms. The van der Waals surface area contributed by atoms with E-state index in [2.05, 4.69) is 9.97 Å². The SMILES string of the molecule is Cc1ccnc(C(C)(F)F)n1. The predicted molar refractivity (Wildman–Crippen MR) is 36.3 cm³/mol. The molecule has 1 aromatic heterocycles. The summed E-state index contributed by atoms with van der Waals surface area (Å²) in [4.78, 5) is 7.03.